The zero-order chi connectivity index (χ0) is 9.42. The van der Waals surface area contributed by atoms with Crippen molar-refractivity contribution in [1.82, 2.24) is 4.90 Å². The molecule has 0 spiro atoms. The zero-order valence-electron chi connectivity index (χ0n) is 7.40. The van der Waals surface area contributed by atoms with E-state index in [0.29, 0.717) is 25.4 Å². The van der Waals surface area contributed by atoms with Gasteiger partial charge >= 0.3 is 6.09 Å². The lowest BCUT2D eigenvalue weighted by Crippen LogP contribution is -2.28. The summed E-state index contributed by atoms with van der Waals surface area (Å²) in [5, 5.41) is 8.76. The van der Waals surface area contributed by atoms with Crippen LogP contribution in [0.4, 0.5) is 4.79 Å². The number of hydrogen-bond donors (Lipinski definition) is 1. The fraction of sp³-hybridized carbons (Fsp3) is 0.778. The molecule has 13 heavy (non-hydrogen) atoms. The highest BCUT2D eigenvalue weighted by molar-refractivity contribution is 5.83. The van der Waals surface area contributed by atoms with E-state index >= 15 is 0 Å². The highest BCUT2D eigenvalue weighted by Gasteiger charge is 2.40. The maximum atomic E-state index is 11.4. The van der Waals surface area contributed by atoms with E-state index in [0.717, 1.165) is 12.8 Å². The van der Waals surface area contributed by atoms with E-state index in [9.17, 15) is 9.59 Å². The van der Waals surface area contributed by atoms with Gasteiger partial charge in [-0.2, -0.15) is 0 Å². The van der Waals surface area contributed by atoms with Crippen LogP contribution in [-0.4, -0.2) is 35.0 Å². The van der Waals surface area contributed by atoms with Gasteiger partial charge in [0.05, 0.1) is 0 Å². The molecule has 0 aromatic heterocycles. The summed E-state index contributed by atoms with van der Waals surface area (Å²) in [5.41, 5.74) is 0. The molecule has 1 aliphatic heterocycles. The molecule has 1 saturated heterocycles. The number of carboxylic acid groups (broad SMARTS) is 1. The smallest absolute Gasteiger partial charge is 0.407 e. The molecule has 1 aliphatic carbocycles. The summed E-state index contributed by atoms with van der Waals surface area (Å²) in [7, 11) is 0. The van der Waals surface area contributed by atoms with E-state index < -0.39 is 6.09 Å². The molecule has 72 valence electrons. The highest BCUT2D eigenvalue weighted by Crippen LogP contribution is 2.33. The molecular weight excluding hydrogens is 170 g/mol. The van der Waals surface area contributed by atoms with Crippen molar-refractivity contribution < 1.29 is 14.7 Å². The van der Waals surface area contributed by atoms with Gasteiger partial charge in [0.15, 0.2) is 0 Å². The quantitative estimate of drug-likeness (QED) is 0.608. The third-order valence-electron chi connectivity index (χ3n) is 3.12. The Morgan fingerprint density at radius 3 is 2.85 bits per heavy atom. The maximum Gasteiger partial charge on any atom is 0.407 e. The van der Waals surface area contributed by atoms with Gasteiger partial charge in [0.2, 0.25) is 0 Å². The first-order chi connectivity index (χ1) is 6.18. The number of likely N-dealkylation sites (tertiary alicyclic amines) is 1. The maximum absolute atomic E-state index is 11.4. The normalized spacial score (nSPS) is 33.2. The third kappa shape index (κ3) is 1.41. The molecular formula is C9H13NO3. The van der Waals surface area contributed by atoms with Crippen LogP contribution in [-0.2, 0) is 4.79 Å². The molecule has 0 bridgehead atoms. The topological polar surface area (TPSA) is 57.6 Å². The van der Waals surface area contributed by atoms with Crippen molar-refractivity contribution in [2.45, 2.75) is 19.3 Å². The first kappa shape index (κ1) is 8.53. The Balaban J connectivity index is 2.08. The highest BCUT2D eigenvalue weighted by atomic mass is 16.4. The fourth-order valence-corrected chi connectivity index (χ4v) is 2.41. The molecule has 0 aromatic carbocycles. The summed E-state index contributed by atoms with van der Waals surface area (Å²) in [6.07, 6.45) is 1.71. The molecule has 2 fully saturated rings. The monoisotopic (exact) mass is 183 g/mol. The van der Waals surface area contributed by atoms with Crippen LogP contribution in [0, 0.1) is 11.8 Å². The molecule has 2 rings (SSSR count). The minimum atomic E-state index is -0.887. The number of nitrogens with zero attached hydrogens (tertiary/aromatic N) is 1. The number of hydrogen-bond acceptors (Lipinski definition) is 2. The summed E-state index contributed by atoms with van der Waals surface area (Å²) in [6.45, 7) is 0.991. The van der Waals surface area contributed by atoms with E-state index in [4.69, 9.17) is 5.11 Å². The summed E-state index contributed by atoms with van der Waals surface area (Å²) >= 11 is 0. The fourth-order valence-electron chi connectivity index (χ4n) is 2.41. The summed E-state index contributed by atoms with van der Waals surface area (Å²) in [6, 6.07) is 0. The molecule has 1 saturated carbocycles. The van der Waals surface area contributed by atoms with Crippen LogP contribution in [0.3, 0.4) is 0 Å². The van der Waals surface area contributed by atoms with Crippen LogP contribution in [0.1, 0.15) is 19.3 Å². The van der Waals surface area contributed by atoms with Gasteiger partial charge in [-0.25, -0.2) is 4.79 Å². The summed E-state index contributed by atoms with van der Waals surface area (Å²) in [5.74, 6) is 0.571. The van der Waals surface area contributed by atoms with Crippen molar-refractivity contribution in [3.8, 4) is 0 Å². The number of fused-ring (bicyclic) bond motifs is 1. The molecule has 0 unspecified atom stereocenters. The molecule has 4 nitrogen and oxygen atoms in total. The number of ketones is 1. The Morgan fingerprint density at radius 1 is 1.46 bits per heavy atom. The van der Waals surface area contributed by atoms with Gasteiger partial charge in [0.1, 0.15) is 5.78 Å². The van der Waals surface area contributed by atoms with Gasteiger partial charge in [-0.15, -0.1) is 0 Å². The molecule has 1 amide bonds. The van der Waals surface area contributed by atoms with E-state index in [2.05, 4.69) is 0 Å². The Bertz CT molecular complexity index is 251. The zero-order valence-corrected chi connectivity index (χ0v) is 7.40. The first-order valence-corrected chi connectivity index (χ1v) is 4.69. The number of carbonyl (C=O) groups excluding carboxylic acids is 1. The van der Waals surface area contributed by atoms with Crippen molar-refractivity contribution in [3.63, 3.8) is 0 Å². The van der Waals surface area contributed by atoms with Crippen LogP contribution in [0.15, 0.2) is 0 Å². The predicted molar refractivity (Wildman–Crippen MR) is 45.4 cm³/mol. The number of rotatable bonds is 0. The van der Waals surface area contributed by atoms with E-state index in [1.54, 1.807) is 0 Å². The van der Waals surface area contributed by atoms with Crippen LogP contribution in [0.2, 0.25) is 0 Å². The van der Waals surface area contributed by atoms with Gasteiger partial charge in [-0.05, 0) is 18.8 Å². The van der Waals surface area contributed by atoms with Gasteiger partial charge in [-0.3, -0.25) is 4.79 Å². The van der Waals surface area contributed by atoms with Gasteiger partial charge in [0.25, 0.3) is 0 Å². The molecule has 0 radical (unpaired) electrons. The van der Waals surface area contributed by atoms with Crippen LogP contribution < -0.4 is 0 Å². The van der Waals surface area contributed by atoms with Crippen molar-refractivity contribution in [2.75, 3.05) is 13.1 Å². The second-order valence-electron chi connectivity index (χ2n) is 3.91. The lowest BCUT2D eigenvalue weighted by atomic mass is 9.81. The Hall–Kier alpha value is -1.06. The average Bonchev–Trinajstić information content (AvgIpc) is 2.49. The molecule has 2 aliphatic rings. The molecule has 2 atom stereocenters. The number of carbonyl (C=O) groups is 2. The molecule has 0 aromatic rings. The Morgan fingerprint density at radius 2 is 2.23 bits per heavy atom. The standard InChI is InChI=1S/C9H13NO3/c11-8-3-1-2-6-4-10(9(12)13)5-7(6)8/h6-7H,1-5H2,(H,12,13)/t6-,7+/m1/s1. The van der Waals surface area contributed by atoms with Crippen LogP contribution in [0.25, 0.3) is 0 Å². The van der Waals surface area contributed by atoms with Crippen molar-refractivity contribution >= 4 is 11.9 Å². The van der Waals surface area contributed by atoms with Gasteiger partial charge in [-0.1, -0.05) is 0 Å². The van der Waals surface area contributed by atoms with Crippen molar-refractivity contribution in [2.24, 2.45) is 11.8 Å². The van der Waals surface area contributed by atoms with Crippen molar-refractivity contribution in [1.29, 1.82) is 0 Å². The summed E-state index contributed by atoms with van der Waals surface area (Å²) < 4.78 is 0. The van der Waals surface area contributed by atoms with Gasteiger partial charge in [0, 0.05) is 25.4 Å². The van der Waals surface area contributed by atoms with E-state index in [1.807, 2.05) is 0 Å². The van der Waals surface area contributed by atoms with Gasteiger partial charge < -0.3 is 10.0 Å². The van der Waals surface area contributed by atoms with Crippen LogP contribution in [0.5, 0.6) is 0 Å². The lowest BCUT2D eigenvalue weighted by molar-refractivity contribution is -0.125. The predicted octanol–water partition coefficient (Wildman–Crippen LogP) is 0.965. The average molecular weight is 183 g/mol. The van der Waals surface area contributed by atoms with E-state index in [-0.39, 0.29) is 11.7 Å². The second-order valence-corrected chi connectivity index (χ2v) is 3.91. The van der Waals surface area contributed by atoms with Crippen molar-refractivity contribution in [3.05, 3.63) is 0 Å². The first-order valence-electron chi connectivity index (χ1n) is 4.69. The number of Topliss-reactive ketones (excluding diaryl/α,β-unsaturated/α-hetero) is 1. The summed E-state index contributed by atoms with van der Waals surface area (Å²) in [4.78, 5) is 23.5. The largest absolute Gasteiger partial charge is 0.465 e. The SMILES string of the molecule is O=C1CCC[C@@H]2CN(C(=O)O)C[C@H]12. The minimum Gasteiger partial charge on any atom is -0.465 e. The Kier molecular flexibility index (Phi) is 1.98. The molecule has 1 heterocycles. The Labute approximate surface area is 76.5 Å². The molecule has 1 N–H and O–H groups in total. The third-order valence-corrected chi connectivity index (χ3v) is 3.12. The van der Waals surface area contributed by atoms with E-state index in [1.165, 1.54) is 4.90 Å². The number of amides is 1. The lowest BCUT2D eigenvalue weighted by Gasteiger charge is -2.21. The second kappa shape index (κ2) is 3.01. The molecule has 4 heteroatoms. The minimum absolute atomic E-state index is 0.00449. The van der Waals surface area contributed by atoms with Crippen LogP contribution >= 0.6 is 0 Å².